The third-order valence-corrected chi connectivity index (χ3v) is 4.71. The number of allylic oxidation sites excluding steroid dienone is 1. The smallest absolute Gasteiger partial charge is 0.338 e. The summed E-state index contributed by atoms with van der Waals surface area (Å²) in [6.07, 6.45) is 0. The van der Waals surface area contributed by atoms with Crippen molar-refractivity contribution in [3.05, 3.63) is 52.6 Å². The lowest BCUT2D eigenvalue weighted by Gasteiger charge is -2.35. The summed E-state index contributed by atoms with van der Waals surface area (Å²) < 4.78 is 11.1. The van der Waals surface area contributed by atoms with E-state index in [1.54, 1.807) is 59.0 Å². The predicted octanol–water partition coefficient (Wildman–Crippen LogP) is 2.10. The summed E-state index contributed by atoms with van der Waals surface area (Å²) in [7, 11) is 1.56. The van der Waals surface area contributed by atoms with Crippen LogP contribution < -0.4 is 10.5 Å². The SMILES string of the molecule is CC1=C(C(=O)OC(C)(C)C)C2(C(=O)N1C)C(C#N)=C(N)Oc1ccccc12. The first-order chi connectivity index (χ1) is 12.6. The van der Waals surface area contributed by atoms with Crippen LogP contribution in [0.15, 0.2) is 47.0 Å². The van der Waals surface area contributed by atoms with Crippen molar-refractivity contribution in [3.8, 4) is 11.8 Å². The van der Waals surface area contributed by atoms with Crippen LogP contribution in [0.2, 0.25) is 0 Å². The molecule has 7 nitrogen and oxygen atoms in total. The molecule has 0 aromatic heterocycles. The molecular formula is C20H21N3O4. The molecule has 2 aliphatic rings. The molecule has 0 radical (unpaired) electrons. The molecule has 27 heavy (non-hydrogen) atoms. The van der Waals surface area contributed by atoms with E-state index in [1.165, 1.54) is 4.90 Å². The molecular weight excluding hydrogens is 346 g/mol. The van der Waals surface area contributed by atoms with Gasteiger partial charge in [0.25, 0.3) is 0 Å². The molecule has 2 aliphatic heterocycles. The number of nitrogens with two attached hydrogens (primary N) is 1. The van der Waals surface area contributed by atoms with Crippen LogP contribution in [-0.4, -0.2) is 29.4 Å². The third-order valence-electron chi connectivity index (χ3n) is 4.71. The van der Waals surface area contributed by atoms with Gasteiger partial charge in [-0.2, -0.15) is 5.26 Å². The summed E-state index contributed by atoms with van der Waals surface area (Å²) in [6, 6.07) is 8.73. The second kappa shape index (κ2) is 5.88. The summed E-state index contributed by atoms with van der Waals surface area (Å²) in [5.74, 6) is -0.994. The molecule has 140 valence electrons. The van der Waals surface area contributed by atoms with Crippen molar-refractivity contribution in [2.24, 2.45) is 5.73 Å². The number of likely N-dealkylation sites (N-methyl/N-ethyl adjacent to an activating group) is 1. The highest BCUT2D eigenvalue weighted by Crippen LogP contribution is 2.53. The van der Waals surface area contributed by atoms with Crippen LogP contribution in [-0.2, 0) is 19.7 Å². The van der Waals surface area contributed by atoms with Gasteiger partial charge in [-0.1, -0.05) is 18.2 Å². The van der Waals surface area contributed by atoms with Gasteiger partial charge in [0.05, 0.1) is 5.57 Å². The summed E-state index contributed by atoms with van der Waals surface area (Å²) in [4.78, 5) is 27.9. The minimum Gasteiger partial charge on any atom is -0.457 e. The number of rotatable bonds is 1. The molecule has 0 bridgehead atoms. The highest BCUT2D eigenvalue weighted by atomic mass is 16.6. The zero-order valence-electron chi connectivity index (χ0n) is 15.9. The Morgan fingerprint density at radius 1 is 1.33 bits per heavy atom. The quantitative estimate of drug-likeness (QED) is 0.762. The van der Waals surface area contributed by atoms with Crippen LogP contribution >= 0.6 is 0 Å². The van der Waals surface area contributed by atoms with Crippen LogP contribution in [0.4, 0.5) is 0 Å². The van der Waals surface area contributed by atoms with E-state index in [1.807, 2.05) is 6.07 Å². The fourth-order valence-electron chi connectivity index (χ4n) is 3.55. The van der Waals surface area contributed by atoms with Crippen molar-refractivity contribution in [1.82, 2.24) is 4.90 Å². The molecule has 1 atom stereocenters. The minimum absolute atomic E-state index is 0.0835. The van der Waals surface area contributed by atoms with Crippen molar-refractivity contribution in [2.75, 3.05) is 7.05 Å². The van der Waals surface area contributed by atoms with Gasteiger partial charge in [-0.25, -0.2) is 4.79 Å². The summed E-state index contributed by atoms with van der Waals surface area (Å²) in [6.45, 7) is 6.86. The Bertz CT molecular complexity index is 962. The number of fused-ring (bicyclic) bond motifs is 2. The van der Waals surface area contributed by atoms with E-state index in [4.69, 9.17) is 15.2 Å². The van der Waals surface area contributed by atoms with Crippen LogP contribution in [0.1, 0.15) is 33.3 Å². The fraction of sp³-hybridized carbons (Fsp3) is 0.350. The maximum absolute atomic E-state index is 13.4. The normalized spacial score (nSPS) is 21.9. The molecule has 0 fully saturated rings. The zero-order chi connectivity index (χ0) is 20.1. The molecule has 0 saturated heterocycles. The number of nitriles is 1. The van der Waals surface area contributed by atoms with E-state index in [2.05, 4.69) is 0 Å². The van der Waals surface area contributed by atoms with Gasteiger partial charge >= 0.3 is 5.97 Å². The van der Waals surface area contributed by atoms with Crippen molar-refractivity contribution in [2.45, 2.75) is 38.7 Å². The molecule has 1 spiro atoms. The number of hydrogen-bond acceptors (Lipinski definition) is 6. The highest BCUT2D eigenvalue weighted by Gasteiger charge is 2.61. The Balaban J connectivity index is 2.38. The Morgan fingerprint density at radius 3 is 2.56 bits per heavy atom. The Hall–Kier alpha value is -3.27. The van der Waals surface area contributed by atoms with E-state index in [-0.39, 0.29) is 17.0 Å². The van der Waals surface area contributed by atoms with E-state index < -0.39 is 22.9 Å². The lowest BCUT2D eigenvalue weighted by Crippen LogP contribution is -2.47. The average Bonchev–Trinajstić information content (AvgIpc) is 2.76. The number of amides is 1. The molecule has 1 amide bonds. The Morgan fingerprint density at radius 2 is 1.96 bits per heavy atom. The monoisotopic (exact) mass is 367 g/mol. The molecule has 2 N–H and O–H groups in total. The summed E-state index contributed by atoms with van der Waals surface area (Å²) in [5.41, 5.74) is 4.30. The van der Waals surface area contributed by atoms with Crippen molar-refractivity contribution in [3.63, 3.8) is 0 Å². The molecule has 0 aliphatic carbocycles. The largest absolute Gasteiger partial charge is 0.457 e. The number of esters is 1. The van der Waals surface area contributed by atoms with Gasteiger partial charge < -0.3 is 20.1 Å². The first-order valence-corrected chi connectivity index (χ1v) is 8.46. The van der Waals surface area contributed by atoms with Gasteiger partial charge in [-0.3, -0.25) is 4.79 Å². The lowest BCUT2D eigenvalue weighted by molar-refractivity contribution is -0.151. The van der Waals surface area contributed by atoms with Crippen molar-refractivity contribution in [1.29, 1.82) is 5.26 Å². The molecule has 1 unspecified atom stereocenters. The molecule has 0 saturated carbocycles. The Labute approximate surface area is 157 Å². The lowest BCUT2D eigenvalue weighted by atomic mass is 9.68. The highest BCUT2D eigenvalue weighted by molar-refractivity contribution is 6.12. The molecule has 7 heteroatoms. The summed E-state index contributed by atoms with van der Waals surface area (Å²) in [5, 5.41) is 9.82. The summed E-state index contributed by atoms with van der Waals surface area (Å²) >= 11 is 0. The second-order valence-electron chi connectivity index (χ2n) is 7.53. The number of hydrogen-bond donors (Lipinski definition) is 1. The van der Waals surface area contributed by atoms with Crippen LogP contribution in [0.5, 0.6) is 5.75 Å². The predicted molar refractivity (Wildman–Crippen MR) is 96.9 cm³/mol. The maximum Gasteiger partial charge on any atom is 0.338 e. The van der Waals surface area contributed by atoms with Crippen LogP contribution in [0.25, 0.3) is 0 Å². The van der Waals surface area contributed by atoms with Crippen LogP contribution in [0.3, 0.4) is 0 Å². The molecule has 1 aromatic rings. The molecule has 1 aromatic carbocycles. The average molecular weight is 367 g/mol. The molecule has 3 rings (SSSR count). The minimum atomic E-state index is -1.69. The van der Waals surface area contributed by atoms with Gasteiger partial charge in [0.1, 0.15) is 23.0 Å². The number of nitrogens with zero attached hydrogens (tertiary/aromatic N) is 2. The van der Waals surface area contributed by atoms with E-state index in [0.29, 0.717) is 17.0 Å². The number of ether oxygens (including phenoxy) is 2. The van der Waals surface area contributed by atoms with Gasteiger partial charge in [0.15, 0.2) is 5.41 Å². The van der Waals surface area contributed by atoms with Crippen LogP contribution in [0, 0.1) is 11.3 Å². The first-order valence-electron chi connectivity index (χ1n) is 8.46. The fourth-order valence-corrected chi connectivity index (χ4v) is 3.55. The van der Waals surface area contributed by atoms with Crippen molar-refractivity contribution >= 4 is 11.9 Å². The third kappa shape index (κ3) is 2.48. The molecule has 2 heterocycles. The number of carbonyl (C=O) groups is 2. The Kier molecular flexibility index (Phi) is 4.03. The number of benzene rings is 1. The zero-order valence-corrected chi connectivity index (χ0v) is 15.9. The van der Waals surface area contributed by atoms with Crippen molar-refractivity contribution < 1.29 is 19.1 Å². The number of carbonyl (C=O) groups excluding carboxylic acids is 2. The topological polar surface area (TPSA) is 106 Å². The van der Waals surface area contributed by atoms with E-state index >= 15 is 0 Å². The second-order valence-corrected chi connectivity index (χ2v) is 7.53. The maximum atomic E-state index is 13.4. The van der Waals surface area contributed by atoms with E-state index in [0.717, 1.165) is 0 Å². The number of para-hydroxylation sites is 1. The first kappa shape index (κ1) is 18.5. The van der Waals surface area contributed by atoms with E-state index in [9.17, 15) is 14.9 Å². The standard InChI is InChI=1S/C20H21N3O4/c1-11-15(17(24)27-19(2,3)4)20(18(25)23(11)5)12-8-6-7-9-14(12)26-16(22)13(20)10-21/h6-9H,22H2,1-5H3. The van der Waals surface area contributed by atoms with Gasteiger partial charge in [0, 0.05) is 18.3 Å². The van der Waals surface area contributed by atoms with Gasteiger partial charge in [-0.15, -0.1) is 0 Å². The van der Waals surface area contributed by atoms with Gasteiger partial charge in [0.2, 0.25) is 11.8 Å². The van der Waals surface area contributed by atoms with Gasteiger partial charge in [-0.05, 0) is 33.8 Å².